The smallest absolute Gasteiger partial charge is 0.409 e. The molecule has 3 amide bonds. The molecule has 0 unspecified atom stereocenters. The monoisotopic (exact) mass is 615 g/mol. The Morgan fingerprint density at radius 2 is 1.68 bits per heavy atom. The number of hydrogen-bond donors (Lipinski definition) is 2. The number of carbonyl (C=O) groups is 5. The van der Waals surface area contributed by atoms with E-state index in [0.717, 1.165) is 12.8 Å². The van der Waals surface area contributed by atoms with Gasteiger partial charge >= 0.3 is 18.0 Å². The van der Waals surface area contributed by atoms with Crippen molar-refractivity contribution in [2.75, 3.05) is 39.4 Å². The molecule has 1 aliphatic rings. The number of aromatic nitrogens is 2. The van der Waals surface area contributed by atoms with Gasteiger partial charge in [-0.1, -0.05) is 31.5 Å². The lowest BCUT2D eigenvalue weighted by molar-refractivity contribution is -0.155. The summed E-state index contributed by atoms with van der Waals surface area (Å²) in [7, 11) is 0. The summed E-state index contributed by atoms with van der Waals surface area (Å²) >= 11 is 0. The molecule has 2 aromatic rings. The van der Waals surface area contributed by atoms with E-state index in [1.807, 2.05) is 6.92 Å². The van der Waals surface area contributed by atoms with E-state index in [-0.39, 0.29) is 50.6 Å². The van der Waals surface area contributed by atoms with Crippen molar-refractivity contribution in [3.63, 3.8) is 0 Å². The molecule has 14 nitrogen and oxygen atoms in total. The van der Waals surface area contributed by atoms with Gasteiger partial charge in [-0.2, -0.15) is 5.10 Å². The second-order valence-electron chi connectivity index (χ2n) is 11.2. The number of aliphatic carboxylic acids is 1. The number of ether oxygens (including phenoxy) is 3. The van der Waals surface area contributed by atoms with Crippen LogP contribution in [0.4, 0.5) is 4.79 Å². The zero-order valence-electron chi connectivity index (χ0n) is 25.6. The highest BCUT2D eigenvalue weighted by atomic mass is 16.6. The minimum absolute atomic E-state index is 0.0160. The third kappa shape index (κ3) is 10.3. The van der Waals surface area contributed by atoms with Crippen molar-refractivity contribution in [1.82, 2.24) is 24.9 Å². The van der Waals surface area contributed by atoms with Crippen LogP contribution in [0.5, 0.6) is 5.88 Å². The molecule has 2 N–H and O–H groups in total. The third-order valence-corrected chi connectivity index (χ3v) is 6.49. The first kappa shape index (κ1) is 33.9. The Kier molecular flexibility index (Phi) is 12.1. The number of unbranched alkanes of at least 4 members (excludes halogenated alkanes) is 1. The van der Waals surface area contributed by atoms with E-state index in [1.54, 1.807) is 51.1 Å². The Morgan fingerprint density at radius 3 is 2.30 bits per heavy atom. The van der Waals surface area contributed by atoms with Gasteiger partial charge in [0.1, 0.15) is 11.6 Å². The average Bonchev–Trinajstić information content (AvgIpc) is 3.42. The first-order valence-electron chi connectivity index (χ1n) is 14.6. The predicted octanol–water partition coefficient (Wildman–Crippen LogP) is 2.64. The normalized spacial score (nSPS) is 14.0. The number of nitrogens with zero attached hydrogens (tertiary/aromatic N) is 4. The average molecular weight is 616 g/mol. The Morgan fingerprint density at radius 1 is 1.02 bits per heavy atom. The van der Waals surface area contributed by atoms with Crippen LogP contribution in [-0.4, -0.2) is 106 Å². The fourth-order valence-corrected chi connectivity index (χ4v) is 4.34. The van der Waals surface area contributed by atoms with Gasteiger partial charge in [0.2, 0.25) is 11.8 Å². The summed E-state index contributed by atoms with van der Waals surface area (Å²) in [6.45, 7) is 7.82. The van der Waals surface area contributed by atoms with Gasteiger partial charge in [0, 0.05) is 38.7 Å². The Balaban J connectivity index is 1.76. The molecule has 0 bridgehead atoms. The van der Waals surface area contributed by atoms with Gasteiger partial charge in [0.25, 0.3) is 5.91 Å². The third-order valence-electron chi connectivity index (χ3n) is 6.49. The second kappa shape index (κ2) is 15.7. The number of carboxylic acid groups (broad SMARTS) is 1. The lowest BCUT2D eigenvalue weighted by Crippen LogP contribution is -2.56. The van der Waals surface area contributed by atoms with Crippen molar-refractivity contribution in [3.8, 4) is 11.6 Å². The minimum Gasteiger partial charge on any atom is -0.479 e. The summed E-state index contributed by atoms with van der Waals surface area (Å²) in [4.78, 5) is 66.0. The van der Waals surface area contributed by atoms with Crippen molar-refractivity contribution in [2.24, 2.45) is 0 Å². The van der Waals surface area contributed by atoms with E-state index >= 15 is 0 Å². The molecule has 1 atom stereocenters. The highest BCUT2D eigenvalue weighted by Gasteiger charge is 2.32. The van der Waals surface area contributed by atoms with Gasteiger partial charge in [-0.25, -0.2) is 14.3 Å². The van der Waals surface area contributed by atoms with Crippen LogP contribution in [0, 0.1) is 0 Å². The maximum absolute atomic E-state index is 13.6. The fraction of sp³-hybridized carbons (Fsp3) is 0.533. The number of para-hydroxylation sites is 1. The Bertz CT molecular complexity index is 1300. The minimum atomic E-state index is -1.21. The van der Waals surface area contributed by atoms with Crippen molar-refractivity contribution >= 4 is 29.8 Å². The number of carboxylic acids is 1. The van der Waals surface area contributed by atoms with Crippen LogP contribution in [-0.2, 0) is 23.9 Å². The first-order valence-corrected chi connectivity index (χ1v) is 14.6. The topological polar surface area (TPSA) is 170 Å². The van der Waals surface area contributed by atoms with Crippen LogP contribution in [0.25, 0.3) is 5.69 Å². The zero-order chi connectivity index (χ0) is 32.3. The van der Waals surface area contributed by atoms with Gasteiger partial charge in [0.15, 0.2) is 12.3 Å². The molecule has 1 saturated heterocycles. The largest absolute Gasteiger partial charge is 0.479 e. The lowest BCUT2D eigenvalue weighted by atomic mass is 10.1. The zero-order valence-corrected chi connectivity index (χ0v) is 25.6. The van der Waals surface area contributed by atoms with E-state index in [0.29, 0.717) is 12.3 Å². The molecule has 14 heteroatoms. The number of benzene rings is 1. The molecule has 1 fully saturated rings. The molecule has 44 heavy (non-hydrogen) atoms. The standard InChI is InChI=1S/C30H41N5O9/c1-5-6-18-42-29(41)34-16-14-33(15-17-34)28(40)22(12-13-26(38)44-30(2,3)4)31-27(39)23-19-24(43-20-25(36)37)35(32-23)21-10-8-7-9-11-21/h7-11,19,22H,5-6,12-18,20H2,1-4H3,(H,31,39)(H,36,37)/t22-/m0/s1. The summed E-state index contributed by atoms with van der Waals surface area (Å²) in [5.74, 6) is -2.87. The van der Waals surface area contributed by atoms with E-state index in [9.17, 15) is 24.0 Å². The van der Waals surface area contributed by atoms with Gasteiger partial charge in [-0.15, -0.1) is 0 Å². The lowest BCUT2D eigenvalue weighted by Gasteiger charge is -2.36. The quantitative estimate of drug-likeness (QED) is 0.252. The van der Waals surface area contributed by atoms with Crippen molar-refractivity contribution < 1.29 is 43.3 Å². The number of amides is 3. The van der Waals surface area contributed by atoms with E-state index in [2.05, 4.69) is 10.4 Å². The molecule has 3 rings (SSSR count). The molecule has 240 valence electrons. The molecule has 2 heterocycles. The van der Waals surface area contributed by atoms with Crippen molar-refractivity contribution in [3.05, 3.63) is 42.1 Å². The van der Waals surface area contributed by atoms with Gasteiger partial charge < -0.3 is 34.4 Å². The highest BCUT2D eigenvalue weighted by Crippen LogP contribution is 2.20. The number of piperazine rings is 1. The molecule has 0 spiro atoms. The molecule has 0 radical (unpaired) electrons. The predicted molar refractivity (Wildman–Crippen MR) is 157 cm³/mol. The highest BCUT2D eigenvalue weighted by molar-refractivity contribution is 5.96. The van der Waals surface area contributed by atoms with Crippen LogP contribution < -0.4 is 10.1 Å². The summed E-state index contributed by atoms with van der Waals surface area (Å²) in [6, 6.07) is 8.85. The fourth-order valence-electron chi connectivity index (χ4n) is 4.34. The maximum atomic E-state index is 13.6. The van der Waals surface area contributed by atoms with E-state index < -0.39 is 48.1 Å². The number of nitrogens with one attached hydrogen (secondary N) is 1. The number of rotatable bonds is 13. The number of carbonyl (C=O) groups excluding carboxylic acids is 4. The van der Waals surface area contributed by atoms with E-state index in [1.165, 1.54) is 20.5 Å². The van der Waals surface area contributed by atoms with Crippen LogP contribution >= 0.6 is 0 Å². The Labute approximate surface area is 256 Å². The first-order chi connectivity index (χ1) is 20.9. The molecular weight excluding hydrogens is 574 g/mol. The van der Waals surface area contributed by atoms with Gasteiger partial charge in [-0.3, -0.25) is 14.4 Å². The molecule has 0 saturated carbocycles. The molecule has 1 aromatic heterocycles. The van der Waals surface area contributed by atoms with Crippen LogP contribution in [0.3, 0.4) is 0 Å². The van der Waals surface area contributed by atoms with Crippen LogP contribution in [0.15, 0.2) is 36.4 Å². The summed E-state index contributed by atoms with van der Waals surface area (Å²) in [6.07, 6.45) is 1.05. The van der Waals surface area contributed by atoms with Gasteiger partial charge in [-0.05, 0) is 45.7 Å². The molecular formula is C30H41N5O9. The van der Waals surface area contributed by atoms with E-state index in [4.69, 9.17) is 19.3 Å². The van der Waals surface area contributed by atoms with Crippen LogP contribution in [0.1, 0.15) is 63.9 Å². The van der Waals surface area contributed by atoms with Crippen molar-refractivity contribution in [1.29, 1.82) is 0 Å². The second-order valence-corrected chi connectivity index (χ2v) is 11.2. The summed E-state index contributed by atoms with van der Waals surface area (Å²) in [5.41, 5.74) is -0.321. The number of esters is 1. The van der Waals surface area contributed by atoms with Crippen molar-refractivity contribution in [2.45, 2.75) is 65.0 Å². The summed E-state index contributed by atoms with van der Waals surface area (Å²) in [5, 5.41) is 16.1. The van der Waals surface area contributed by atoms with Gasteiger partial charge in [0.05, 0.1) is 12.3 Å². The summed E-state index contributed by atoms with van der Waals surface area (Å²) < 4.78 is 17.3. The molecule has 1 aliphatic heterocycles. The molecule has 0 aliphatic carbocycles. The number of hydrogen-bond acceptors (Lipinski definition) is 9. The SMILES string of the molecule is CCCCOC(=O)N1CCN(C(=O)[C@H](CCC(=O)OC(C)(C)C)NC(=O)c2cc(OCC(=O)O)n(-c3ccccc3)n2)CC1. The molecule has 1 aromatic carbocycles. The Hall–Kier alpha value is -4.62. The van der Waals surface area contributed by atoms with Crippen LogP contribution in [0.2, 0.25) is 0 Å². The maximum Gasteiger partial charge on any atom is 0.409 e.